The van der Waals surface area contributed by atoms with Crippen LogP contribution in [0, 0.1) is 6.92 Å². The number of para-hydroxylation sites is 1. The topological polar surface area (TPSA) is 74.7 Å². The molecule has 0 spiro atoms. The molecule has 0 saturated heterocycles. The molecule has 0 aromatic heterocycles. The number of nitrogens with zero attached hydrogens (tertiary/aromatic N) is 1. The third kappa shape index (κ3) is 5.56. The van der Waals surface area contributed by atoms with Gasteiger partial charge in [-0.05, 0) is 73.2 Å². The monoisotopic (exact) mass is 451 g/mol. The van der Waals surface area contributed by atoms with Gasteiger partial charge in [-0.2, -0.15) is 0 Å². The molecule has 1 N–H and O–H groups in total. The molecule has 5 nitrogen and oxygen atoms in total. The van der Waals surface area contributed by atoms with Crippen LogP contribution in [0.3, 0.4) is 0 Å². The molecule has 168 valence electrons. The van der Waals surface area contributed by atoms with E-state index in [2.05, 4.69) is 0 Å². The van der Waals surface area contributed by atoms with Gasteiger partial charge in [-0.25, -0.2) is 13.2 Å². The fourth-order valence-electron chi connectivity index (χ4n) is 3.63. The van der Waals surface area contributed by atoms with E-state index in [1.165, 1.54) is 4.31 Å². The number of hydrogen-bond donors (Lipinski definition) is 1. The molecule has 3 aromatic rings. The van der Waals surface area contributed by atoms with Crippen LogP contribution in [-0.2, 0) is 22.9 Å². The number of aryl methyl sites for hydroxylation is 3. The van der Waals surface area contributed by atoms with Gasteiger partial charge in [0, 0.05) is 6.54 Å². The zero-order valence-electron chi connectivity index (χ0n) is 18.5. The molecule has 0 aliphatic rings. The van der Waals surface area contributed by atoms with E-state index in [0.717, 1.165) is 29.5 Å². The maximum atomic E-state index is 13.6. The quantitative estimate of drug-likeness (QED) is 0.443. The average molecular weight is 452 g/mol. The molecule has 3 rings (SSSR count). The number of hydrogen-bond acceptors (Lipinski definition) is 3. The Labute approximate surface area is 190 Å². The van der Waals surface area contributed by atoms with E-state index >= 15 is 0 Å². The highest BCUT2D eigenvalue weighted by molar-refractivity contribution is 7.92. The third-order valence-electron chi connectivity index (χ3n) is 5.44. The number of aromatic carboxylic acids is 1. The number of carbonyl (C=O) groups is 1. The van der Waals surface area contributed by atoms with Crippen molar-refractivity contribution in [1.29, 1.82) is 0 Å². The second-order valence-electron chi connectivity index (χ2n) is 7.88. The second kappa shape index (κ2) is 10.5. The van der Waals surface area contributed by atoms with Crippen LogP contribution in [0.5, 0.6) is 0 Å². The summed E-state index contributed by atoms with van der Waals surface area (Å²) in [4.78, 5) is 11.4. The van der Waals surface area contributed by atoms with Crippen LogP contribution in [0.4, 0.5) is 5.69 Å². The van der Waals surface area contributed by atoms with Crippen LogP contribution in [-0.4, -0.2) is 26.0 Å². The van der Waals surface area contributed by atoms with E-state index in [0.29, 0.717) is 30.0 Å². The van der Waals surface area contributed by atoms with Crippen molar-refractivity contribution in [3.8, 4) is 0 Å². The Kier molecular flexibility index (Phi) is 7.70. The maximum absolute atomic E-state index is 13.6. The van der Waals surface area contributed by atoms with E-state index in [1.54, 1.807) is 30.3 Å². The predicted molar refractivity (Wildman–Crippen MR) is 128 cm³/mol. The number of unbranched alkanes of at least 4 members (excludes halogenated alkanes) is 1. The fourth-order valence-corrected chi connectivity index (χ4v) is 5.28. The number of benzene rings is 3. The summed E-state index contributed by atoms with van der Waals surface area (Å²) in [6.07, 6.45) is 2.98. The normalized spacial score (nSPS) is 11.3. The van der Waals surface area contributed by atoms with Crippen molar-refractivity contribution >= 4 is 21.7 Å². The van der Waals surface area contributed by atoms with Gasteiger partial charge in [0.25, 0.3) is 10.0 Å². The Hall–Kier alpha value is -3.12. The second-order valence-corrected chi connectivity index (χ2v) is 9.74. The molecule has 0 heterocycles. The van der Waals surface area contributed by atoms with E-state index in [-0.39, 0.29) is 5.56 Å². The summed E-state index contributed by atoms with van der Waals surface area (Å²) in [5, 5.41) is 9.08. The van der Waals surface area contributed by atoms with Crippen LogP contribution >= 0.6 is 0 Å². The Bertz CT molecular complexity index is 1170. The predicted octanol–water partition coefficient (Wildman–Crippen LogP) is 5.47. The molecular formula is C26H29NO4S. The molecule has 3 aromatic carbocycles. The molecule has 0 atom stereocenters. The SMILES string of the molecule is CCCCN(c1ccccc1CCc1ccc(C(=O)O)cc1)S(=O)(=O)c1cccc(C)c1. The molecule has 0 radical (unpaired) electrons. The Morgan fingerprint density at radius 1 is 0.938 bits per heavy atom. The molecule has 0 aliphatic heterocycles. The summed E-state index contributed by atoms with van der Waals surface area (Å²) in [6, 6.07) is 21.4. The lowest BCUT2D eigenvalue weighted by molar-refractivity contribution is 0.0697. The van der Waals surface area contributed by atoms with Crippen LogP contribution < -0.4 is 4.31 Å². The van der Waals surface area contributed by atoms with E-state index in [4.69, 9.17) is 5.11 Å². The van der Waals surface area contributed by atoms with Crippen LogP contribution in [0.1, 0.15) is 46.8 Å². The molecule has 0 amide bonds. The van der Waals surface area contributed by atoms with Gasteiger partial charge in [-0.1, -0.05) is 55.8 Å². The van der Waals surface area contributed by atoms with Crippen molar-refractivity contribution in [2.24, 2.45) is 0 Å². The van der Waals surface area contributed by atoms with Crippen LogP contribution in [0.25, 0.3) is 0 Å². The third-order valence-corrected chi connectivity index (χ3v) is 7.25. The summed E-state index contributed by atoms with van der Waals surface area (Å²) in [6.45, 7) is 4.35. The van der Waals surface area contributed by atoms with E-state index in [9.17, 15) is 13.2 Å². The Morgan fingerprint density at radius 2 is 1.66 bits per heavy atom. The number of anilines is 1. The summed E-state index contributed by atoms with van der Waals surface area (Å²) in [5.41, 5.74) is 3.81. The first-order valence-corrected chi connectivity index (χ1v) is 12.3. The van der Waals surface area contributed by atoms with Gasteiger partial charge >= 0.3 is 5.97 Å². The minimum Gasteiger partial charge on any atom is -0.478 e. The average Bonchev–Trinajstić information content (AvgIpc) is 2.78. The zero-order chi connectivity index (χ0) is 23.1. The highest BCUT2D eigenvalue weighted by Gasteiger charge is 2.26. The first-order chi connectivity index (χ1) is 15.3. The number of sulfonamides is 1. The standard InChI is InChI=1S/C26H29NO4S/c1-3-4-18-27(32(30,31)24-10-7-8-20(2)19-24)25-11-6-5-9-22(25)15-12-21-13-16-23(17-14-21)26(28)29/h5-11,13-14,16-17,19H,3-4,12,15,18H2,1-2H3,(H,28,29). The van der Waals surface area contributed by atoms with Crippen molar-refractivity contribution in [3.63, 3.8) is 0 Å². The summed E-state index contributed by atoms with van der Waals surface area (Å²) in [5.74, 6) is -0.949. The molecule has 0 fully saturated rings. The van der Waals surface area contributed by atoms with E-state index < -0.39 is 16.0 Å². The van der Waals surface area contributed by atoms with Crippen molar-refractivity contribution in [2.45, 2.75) is 44.4 Å². The van der Waals surface area contributed by atoms with Crippen LogP contribution in [0.2, 0.25) is 0 Å². The highest BCUT2D eigenvalue weighted by atomic mass is 32.2. The minimum absolute atomic E-state index is 0.254. The van der Waals surface area contributed by atoms with Crippen molar-refractivity contribution in [3.05, 3.63) is 95.1 Å². The lowest BCUT2D eigenvalue weighted by Gasteiger charge is -2.27. The number of carboxylic acid groups (broad SMARTS) is 1. The van der Waals surface area contributed by atoms with Crippen molar-refractivity contribution < 1.29 is 18.3 Å². The van der Waals surface area contributed by atoms with Gasteiger partial charge in [0.15, 0.2) is 0 Å². The first-order valence-electron chi connectivity index (χ1n) is 10.8. The van der Waals surface area contributed by atoms with Gasteiger partial charge in [0.1, 0.15) is 0 Å². The smallest absolute Gasteiger partial charge is 0.335 e. The number of carboxylic acids is 1. The molecule has 32 heavy (non-hydrogen) atoms. The Balaban J connectivity index is 1.92. The summed E-state index contributed by atoms with van der Waals surface area (Å²) >= 11 is 0. The fraction of sp³-hybridized carbons (Fsp3) is 0.269. The van der Waals surface area contributed by atoms with E-state index in [1.807, 2.05) is 56.3 Å². The lowest BCUT2D eigenvalue weighted by Crippen LogP contribution is -2.33. The van der Waals surface area contributed by atoms with Gasteiger partial charge < -0.3 is 5.11 Å². The van der Waals surface area contributed by atoms with Crippen LogP contribution in [0.15, 0.2) is 77.7 Å². The lowest BCUT2D eigenvalue weighted by atomic mass is 10.0. The summed E-state index contributed by atoms with van der Waals surface area (Å²) < 4.78 is 28.7. The van der Waals surface area contributed by atoms with Gasteiger partial charge in [0.2, 0.25) is 0 Å². The van der Waals surface area contributed by atoms with Gasteiger partial charge in [-0.3, -0.25) is 4.31 Å². The zero-order valence-corrected chi connectivity index (χ0v) is 19.3. The molecule has 6 heteroatoms. The van der Waals surface area contributed by atoms with Gasteiger partial charge in [-0.15, -0.1) is 0 Å². The number of rotatable bonds is 10. The molecule has 0 saturated carbocycles. The molecule has 0 unspecified atom stereocenters. The largest absolute Gasteiger partial charge is 0.478 e. The maximum Gasteiger partial charge on any atom is 0.335 e. The van der Waals surface area contributed by atoms with Gasteiger partial charge in [0.05, 0.1) is 16.1 Å². The molecular weight excluding hydrogens is 422 g/mol. The Morgan fingerprint density at radius 3 is 2.31 bits per heavy atom. The highest BCUT2D eigenvalue weighted by Crippen LogP contribution is 2.29. The van der Waals surface area contributed by atoms with Crippen molar-refractivity contribution in [2.75, 3.05) is 10.8 Å². The molecule has 0 bridgehead atoms. The molecule has 0 aliphatic carbocycles. The summed E-state index contributed by atoms with van der Waals surface area (Å²) in [7, 11) is -3.70. The van der Waals surface area contributed by atoms with Crippen molar-refractivity contribution in [1.82, 2.24) is 0 Å². The minimum atomic E-state index is -3.70. The first kappa shape index (κ1) is 23.5.